The van der Waals surface area contributed by atoms with Crippen LogP contribution in [-0.2, 0) is 11.3 Å². The van der Waals surface area contributed by atoms with Gasteiger partial charge in [0.05, 0.1) is 7.11 Å². The van der Waals surface area contributed by atoms with E-state index in [0.717, 1.165) is 24.8 Å². The fourth-order valence-electron chi connectivity index (χ4n) is 3.00. The third-order valence-electron chi connectivity index (χ3n) is 4.84. The van der Waals surface area contributed by atoms with Gasteiger partial charge in [0.1, 0.15) is 0 Å². The van der Waals surface area contributed by atoms with Gasteiger partial charge in [-0.1, -0.05) is 81.6 Å². The third kappa shape index (κ3) is 12.9. The maximum absolute atomic E-state index is 12.0. The van der Waals surface area contributed by atoms with Crippen LogP contribution in [0.4, 0.5) is 0 Å². The lowest BCUT2D eigenvalue weighted by Crippen LogP contribution is -2.22. The van der Waals surface area contributed by atoms with Gasteiger partial charge in [0.2, 0.25) is 5.91 Å². The van der Waals surface area contributed by atoms with E-state index in [-0.39, 0.29) is 11.7 Å². The largest absolute Gasteiger partial charge is 0.504 e. The number of rotatable bonds is 16. The van der Waals surface area contributed by atoms with Gasteiger partial charge in [-0.3, -0.25) is 4.79 Å². The number of aromatic hydroxyl groups is 1. The first kappa shape index (κ1) is 25.5. The Labute approximate surface area is 182 Å². The third-order valence-corrected chi connectivity index (χ3v) is 4.84. The molecule has 0 fully saturated rings. The van der Waals surface area contributed by atoms with Crippen LogP contribution >= 0.6 is 0 Å². The quantitative estimate of drug-likeness (QED) is 0.237. The number of hydrogen-bond donors (Lipinski definition) is 2. The molecule has 0 aromatic heterocycles. The zero-order valence-corrected chi connectivity index (χ0v) is 18.7. The van der Waals surface area contributed by atoms with Crippen molar-refractivity contribution in [2.45, 2.75) is 77.7 Å². The molecule has 166 valence electrons. The van der Waals surface area contributed by atoms with E-state index in [1.165, 1.54) is 45.6 Å². The predicted octanol–water partition coefficient (Wildman–Crippen LogP) is 6.61. The summed E-state index contributed by atoms with van der Waals surface area (Å²) in [4.78, 5) is 12.0. The van der Waals surface area contributed by atoms with Gasteiger partial charge in [0.25, 0.3) is 0 Å². The number of allylic oxidation sites excluding steroid dienone is 6. The number of phenolic OH excluding ortho intramolecular Hbond substituents is 1. The minimum absolute atomic E-state index is 0.0699. The summed E-state index contributed by atoms with van der Waals surface area (Å²) in [5.41, 5.74) is 0.911. The second-order valence-electron chi connectivity index (χ2n) is 7.47. The average molecular weight is 414 g/mol. The highest BCUT2D eigenvalue weighted by Gasteiger charge is 2.05. The molecule has 4 nitrogen and oxygen atoms in total. The van der Waals surface area contributed by atoms with Crippen LogP contribution in [0.5, 0.6) is 11.5 Å². The first-order chi connectivity index (χ1) is 14.7. The van der Waals surface area contributed by atoms with E-state index >= 15 is 0 Å². The minimum Gasteiger partial charge on any atom is -0.504 e. The van der Waals surface area contributed by atoms with Crippen molar-refractivity contribution in [2.75, 3.05) is 7.11 Å². The van der Waals surface area contributed by atoms with Gasteiger partial charge >= 0.3 is 0 Å². The zero-order valence-electron chi connectivity index (χ0n) is 18.7. The van der Waals surface area contributed by atoms with Crippen LogP contribution in [0.3, 0.4) is 0 Å². The molecule has 0 bridgehead atoms. The van der Waals surface area contributed by atoms with Crippen LogP contribution in [-0.4, -0.2) is 18.1 Å². The molecule has 1 aromatic carbocycles. The summed E-state index contributed by atoms with van der Waals surface area (Å²) in [5, 5.41) is 12.5. The standard InChI is InChI=1S/C26H39NO3/c1-3-4-5-6-7-8-9-10-11-12-13-14-15-16-17-18-26(29)27-22-23-19-20-24(28)25(21-23)30-2/h6-11,19-21,28H,3-5,12-18,22H2,1-2H3,(H,27,29)/b7-6-,9-8+,11-10-. The molecule has 0 radical (unpaired) electrons. The number of benzene rings is 1. The number of nitrogens with one attached hydrogen (secondary N) is 1. The molecule has 1 rings (SSSR count). The summed E-state index contributed by atoms with van der Waals surface area (Å²) in [6, 6.07) is 5.11. The number of amides is 1. The van der Waals surface area contributed by atoms with Crippen LogP contribution in [0.1, 0.15) is 76.7 Å². The van der Waals surface area contributed by atoms with Gasteiger partial charge in [-0.15, -0.1) is 0 Å². The minimum atomic E-state index is 0.0699. The van der Waals surface area contributed by atoms with Gasteiger partial charge in [-0.2, -0.15) is 0 Å². The monoisotopic (exact) mass is 413 g/mol. The van der Waals surface area contributed by atoms with Crippen LogP contribution in [0.15, 0.2) is 54.7 Å². The normalized spacial score (nSPS) is 11.7. The van der Waals surface area contributed by atoms with Crippen molar-refractivity contribution in [3.63, 3.8) is 0 Å². The lowest BCUT2D eigenvalue weighted by molar-refractivity contribution is -0.121. The number of carbonyl (C=O) groups excluding carboxylic acids is 1. The Kier molecular flexibility index (Phi) is 14.8. The SMILES string of the molecule is CCCC\C=C/C=C/C=C\CCCCCCCC(=O)NCc1ccc(O)c(OC)c1. The van der Waals surface area contributed by atoms with Gasteiger partial charge in [-0.05, 0) is 43.4 Å². The molecule has 0 atom stereocenters. The van der Waals surface area contributed by atoms with Crippen LogP contribution in [0.2, 0.25) is 0 Å². The van der Waals surface area contributed by atoms with Crippen LogP contribution in [0, 0.1) is 0 Å². The first-order valence-electron chi connectivity index (χ1n) is 11.3. The highest BCUT2D eigenvalue weighted by atomic mass is 16.5. The lowest BCUT2D eigenvalue weighted by atomic mass is 10.1. The molecule has 1 amide bonds. The Morgan fingerprint density at radius 1 is 0.967 bits per heavy atom. The van der Waals surface area contributed by atoms with Crippen molar-refractivity contribution in [3.05, 3.63) is 60.2 Å². The number of ether oxygens (including phenoxy) is 1. The summed E-state index contributed by atoms with van der Waals surface area (Å²) >= 11 is 0. The number of phenols is 1. The maximum atomic E-state index is 12.0. The van der Waals surface area contributed by atoms with Crippen molar-refractivity contribution < 1.29 is 14.6 Å². The van der Waals surface area contributed by atoms with Crippen LogP contribution < -0.4 is 10.1 Å². The summed E-state index contributed by atoms with van der Waals surface area (Å²) in [6.45, 7) is 2.66. The molecule has 0 unspecified atom stereocenters. The average Bonchev–Trinajstić information content (AvgIpc) is 2.75. The second-order valence-corrected chi connectivity index (χ2v) is 7.47. The zero-order chi connectivity index (χ0) is 21.9. The lowest BCUT2D eigenvalue weighted by Gasteiger charge is -2.08. The Morgan fingerprint density at radius 3 is 2.33 bits per heavy atom. The number of methoxy groups -OCH3 is 1. The Bertz CT molecular complexity index is 677. The molecule has 2 N–H and O–H groups in total. The Balaban J connectivity index is 1.99. The molecule has 0 aliphatic heterocycles. The Morgan fingerprint density at radius 2 is 1.63 bits per heavy atom. The Hall–Kier alpha value is -2.49. The molecule has 1 aromatic rings. The molecule has 0 saturated heterocycles. The molecule has 0 heterocycles. The van der Waals surface area contributed by atoms with Crippen molar-refractivity contribution >= 4 is 5.91 Å². The molecule has 0 spiro atoms. The van der Waals surface area contributed by atoms with Crippen molar-refractivity contribution in [3.8, 4) is 11.5 Å². The predicted molar refractivity (Wildman–Crippen MR) is 126 cm³/mol. The van der Waals surface area contributed by atoms with Gasteiger partial charge in [0.15, 0.2) is 11.5 Å². The van der Waals surface area contributed by atoms with E-state index in [1.54, 1.807) is 18.2 Å². The molecule has 0 aliphatic rings. The molecule has 30 heavy (non-hydrogen) atoms. The summed E-state index contributed by atoms with van der Waals surface area (Å²) in [7, 11) is 1.51. The summed E-state index contributed by atoms with van der Waals surface area (Å²) in [6.07, 6.45) is 23.8. The van der Waals surface area contributed by atoms with E-state index in [2.05, 4.69) is 48.7 Å². The first-order valence-corrected chi connectivity index (χ1v) is 11.3. The second kappa shape index (κ2) is 17.4. The molecule has 4 heteroatoms. The van der Waals surface area contributed by atoms with Crippen molar-refractivity contribution in [1.29, 1.82) is 0 Å². The molecule has 0 saturated carbocycles. The highest BCUT2D eigenvalue weighted by Crippen LogP contribution is 2.26. The van der Waals surface area contributed by atoms with E-state index in [4.69, 9.17) is 4.74 Å². The van der Waals surface area contributed by atoms with Crippen molar-refractivity contribution in [1.82, 2.24) is 5.32 Å². The topological polar surface area (TPSA) is 58.6 Å². The fraction of sp³-hybridized carbons (Fsp3) is 0.500. The number of hydrogen-bond acceptors (Lipinski definition) is 3. The maximum Gasteiger partial charge on any atom is 0.220 e. The van der Waals surface area contributed by atoms with Gasteiger partial charge in [0, 0.05) is 13.0 Å². The summed E-state index contributed by atoms with van der Waals surface area (Å²) < 4.78 is 5.08. The van der Waals surface area contributed by atoms with Gasteiger partial charge in [-0.25, -0.2) is 0 Å². The van der Waals surface area contributed by atoms with E-state index in [0.29, 0.717) is 18.7 Å². The van der Waals surface area contributed by atoms with E-state index < -0.39 is 0 Å². The fourth-order valence-corrected chi connectivity index (χ4v) is 3.00. The van der Waals surface area contributed by atoms with E-state index in [1.807, 2.05) is 0 Å². The number of carbonyl (C=O) groups is 1. The smallest absolute Gasteiger partial charge is 0.220 e. The highest BCUT2D eigenvalue weighted by molar-refractivity contribution is 5.75. The van der Waals surface area contributed by atoms with Gasteiger partial charge < -0.3 is 15.2 Å². The summed E-state index contributed by atoms with van der Waals surface area (Å²) in [5.74, 6) is 0.599. The number of unbranched alkanes of at least 4 members (excludes halogenated alkanes) is 7. The van der Waals surface area contributed by atoms with Crippen molar-refractivity contribution in [2.24, 2.45) is 0 Å². The van der Waals surface area contributed by atoms with E-state index in [9.17, 15) is 9.90 Å². The molecular formula is C26H39NO3. The molecule has 0 aliphatic carbocycles. The van der Waals surface area contributed by atoms with Crippen LogP contribution in [0.25, 0.3) is 0 Å². The molecular weight excluding hydrogens is 374 g/mol.